The molecule has 4 unspecified atom stereocenters. The average Bonchev–Trinajstić information content (AvgIpc) is 2.39. The summed E-state index contributed by atoms with van der Waals surface area (Å²) in [7, 11) is 0. The van der Waals surface area contributed by atoms with Gasteiger partial charge in [0.25, 0.3) is 0 Å². The summed E-state index contributed by atoms with van der Waals surface area (Å²) >= 11 is 0. The van der Waals surface area contributed by atoms with E-state index in [9.17, 15) is 20.1 Å². The molecule has 108 valence electrons. The van der Waals surface area contributed by atoms with Crippen LogP contribution in [0, 0.1) is 0 Å². The number of aliphatic hydroxyl groups is 5. The van der Waals surface area contributed by atoms with Crippen LogP contribution >= 0.6 is 0 Å². The van der Waals surface area contributed by atoms with Crippen molar-refractivity contribution < 1.29 is 30.3 Å². The first-order valence-electron chi connectivity index (χ1n) is 6.03. The summed E-state index contributed by atoms with van der Waals surface area (Å²) in [6.07, 6.45) is -4.31. The van der Waals surface area contributed by atoms with Gasteiger partial charge in [-0.25, -0.2) is 0 Å². The molecule has 0 radical (unpaired) electrons. The van der Waals surface area contributed by atoms with Gasteiger partial charge in [0.2, 0.25) is 5.91 Å². The van der Waals surface area contributed by atoms with Gasteiger partial charge in [0.05, 0.1) is 12.7 Å². The zero-order valence-corrected chi connectivity index (χ0v) is 10.5. The Labute approximate surface area is 106 Å². The van der Waals surface area contributed by atoms with Crippen molar-refractivity contribution in [3.8, 4) is 0 Å². The van der Waals surface area contributed by atoms with E-state index in [1.165, 1.54) is 0 Å². The van der Waals surface area contributed by atoms with E-state index < -0.39 is 31.0 Å². The average molecular weight is 265 g/mol. The summed E-state index contributed by atoms with van der Waals surface area (Å²) in [4.78, 5) is 11.2. The van der Waals surface area contributed by atoms with Crippen LogP contribution < -0.4 is 5.32 Å². The molecule has 0 aromatic heterocycles. The van der Waals surface area contributed by atoms with E-state index in [-0.39, 0.29) is 12.5 Å². The second-order valence-corrected chi connectivity index (χ2v) is 4.21. The highest BCUT2D eigenvalue weighted by molar-refractivity contribution is 5.75. The number of carbonyl (C=O) groups is 1. The number of rotatable bonds is 9. The van der Waals surface area contributed by atoms with Crippen LogP contribution in [0.1, 0.15) is 26.2 Å². The van der Waals surface area contributed by atoms with Crippen LogP contribution in [0.2, 0.25) is 0 Å². The molecule has 0 saturated heterocycles. The maximum Gasteiger partial charge on any atom is 0.220 e. The molecule has 0 spiro atoms. The highest BCUT2D eigenvalue weighted by atomic mass is 16.4. The number of carbonyl (C=O) groups excluding carboxylic acids is 1. The third-order valence-corrected chi connectivity index (χ3v) is 2.59. The minimum Gasteiger partial charge on any atom is -0.394 e. The van der Waals surface area contributed by atoms with Gasteiger partial charge in [0.15, 0.2) is 0 Å². The van der Waals surface area contributed by atoms with E-state index in [2.05, 4.69) is 5.32 Å². The van der Waals surface area contributed by atoms with E-state index in [0.717, 1.165) is 12.8 Å². The van der Waals surface area contributed by atoms with Crippen molar-refractivity contribution in [1.82, 2.24) is 5.32 Å². The summed E-state index contributed by atoms with van der Waals surface area (Å²) in [5.41, 5.74) is 0. The molecule has 7 heteroatoms. The van der Waals surface area contributed by atoms with Crippen LogP contribution in [0.25, 0.3) is 0 Å². The Morgan fingerprint density at radius 3 is 2.17 bits per heavy atom. The number of aliphatic hydroxyl groups excluding tert-OH is 5. The van der Waals surface area contributed by atoms with Crippen molar-refractivity contribution in [1.29, 1.82) is 0 Å². The fraction of sp³-hybridized carbons (Fsp3) is 0.909. The molecule has 0 fully saturated rings. The van der Waals surface area contributed by atoms with E-state index in [1.54, 1.807) is 0 Å². The van der Waals surface area contributed by atoms with Gasteiger partial charge in [-0.15, -0.1) is 0 Å². The monoisotopic (exact) mass is 265 g/mol. The molecular weight excluding hydrogens is 242 g/mol. The molecule has 0 aliphatic heterocycles. The zero-order chi connectivity index (χ0) is 14.1. The fourth-order valence-corrected chi connectivity index (χ4v) is 1.33. The number of unbranched alkanes of at least 4 members (excludes halogenated alkanes) is 1. The van der Waals surface area contributed by atoms with Gasteiger partial charge in [-0.3, -0.25) is 4.79 Å². The Morgan fingerprint density at radius 1 is 1.11 bits per heavy atom. The number of hydrogen-bond acceptors (Lipinski definition) is 6. The van der Waals surface area contributed by atoms with Crippen molar-refractivity contribution in [3.63, 3.8) is 0 Å². The topological polar surface area (TPSA) is 130 Å². The first kappa shape index (κ1) is 17.3. The second kappa shape index (κ2) is 9.23. The maximum atomic E-state index is 11.2. The molecule has 1 amide bonds. The molecule has 0 rings (SSSR count). The smallest absolute Gasteiger partial charge is 0.220 e. The van der Waals surface area contributed by atoms with E-state index in [1.807, 2.05) is 6.92 Å². The minimum atomic E-state index is -1.67. The van der Waals surface area contributed by atoms with Gasteiger partial charge in [-0.1, -0.05) is 13.3 Å². The van der Waals surface area contributed by atoms with Crippen molar-refractivity contribution >= 4 is 5.91 Å². The Morgan fingerprint density at radius 2 is 1.67 bits per heavy atom. The molecule has 18 heavy (non-hydrogen) atoms. The van der Waals surface area contributed by atoms with Gasteiger partial charge in [-0.05, 0) is 6.42 Å². The molecule has 0 aliphatic rings. The van der Waals surface area contributed by atoms with Crippen molar-refractivity contribution in [2.24, 2.45) is 0 Å². The lowest BCUT2D eigenvalue weighted by molar-refractivity contribution is -0.126. The SMILES string of the molecule is CCCCC(=O)NCC(O)C(O)C(O)C(O)CO. The van der Waals surface area contributed by atoms with Crippen LogP contribution in [-0.2, 0) is 4.79 Å². The second-order valence-electron chi connectivity index (χ2n) is 4.21. The molecule has 6 N–H and O–H groups in total. The van der Waals surface area contributed by atoms with Crippen LogP contribution in [0.5, 0.6) is 0 Å². The van der Waals surface area contributed by atoms with Crippen molar-refractivity contribution in [2.45, 2.75) is 50.6 Å². The number of amides is 1. The molecule has 0 bridgehead atoms. The third-order valence-electron chi connectivity index (χ3n) is 2.59. The highest BCUT2D eigenvalue weighted by Crippen LogP contribution is 2.04. The van der Waals surface area contributed by atoms with E-state index >= 15 is 0 Å². The van der Waals surface area contributed by atoms with Crippen LogP contribution in [-0.4, -0.2) is 69.0 Å². The Balaban J connectivity index is 4.00. The zero-order valence-electron chi connectivity index (χ0n) is 10.5. The van der Waals surface area contributed by atoms with Gasteiger partial charge in [0.1, 0.15) is 18.3 Å². The van der Waals surface area contributed by atoms with Crippen LogP contribution in [0.3, 0.4) is 0 Å². The van der Waals surface area contributed by atoms with Crippen molar-refractivity contribution in [3.05, 3.63) is 0 Å². The summed E-state index contributed by atoms with van der Waals surface area (Å²) in [5, 5.41) is 48.3. The van der Waals surface area contributed by atoms with E-state index in [0.29, 0.717) is 6.42 Å². The predicted molar refractivity (Wildman–Crippen MR) is 63.6 cm³/mol. The van der Waals surface area contributed by atoms with Gasteiger partial charge in [-0.2, -0.15) is 0 Å². The summed E-state index contributed by atoms with van der Waals surface area (Å²) in [6, 6.07) is 0. The Kier molecular flexibility index (Phi) is 8.86. The maximum absolute atomic E-state index is 11.2. The largest absolute Gasteiger partial charge is 0.394 e. The highest BCUT2D eigenvalue weighted by Gasteiger charge is 2.29. The van der Waals surface area contributed by atoms with Gasteiger partial charge in [0, 0.05) is 13.0 Å². The summed E-state index contributed by atoms with van der Waals surface area (Å²) in [6.45, 7) is 0.991. The molecule has 0 saturated carbocycles. The minimum absolute atomic E-state index is 0.223. The Hall–Kier alpha value is -0.730. The standard InChI is InChI=1S/C11H23NO6/c1-2-3-4-9(16)12-5-7(14)10(17)11(18)8(15)6-13/h7-8,10-11,13-15,17-18H,2-6H2,1H3,(H,12,16). The first-order chi connectivity index (χ1) is 8.43. The summed E-state index contributed by atoms with van der Waals surface area (Å²) < 4.78 is 0. The quantitative estimate of drug-likeness (QED) is 0.279. The summed E-state index contributed by atoms with van der Waals surface area (Å²) in [5.74, 6) is -0.250. The lowest BCUT2D eigenvalue weighted by atomic mass is 10.0. The molecule has 0 heterocycles. The fourth-order valence-electron chi connectivity index (χ4n) is 1.33. The Bertz CT molecular complexity index is 238. The predicted octanol–water partition coefficient (Wildman–Crippen LogP) is -2.27. The van der Waals surface area contributed by atoms with Gasteiger partial charge >= 0.3 is 0 Å². The lowest BCUT2D eigenvalue weighted by Gasteiger charge is -2.25. The molecule has 0 aromatic rings. The number of hydrogen-bond donors (Lipinski definition) is 6. The van der Waals surface area contributed by atoms with Gasteiger partial charge < -0.3 is 30.8 Å². The third kappa shape index (κ3) is 6.27. The molecule has 0 aliphatic carbocycles. The first-order valence-corrected chi connectivity index (χ1v) is 6.03. The molecule has 0 aromatic carbocycles. The molecule has 4 atom stereocenters. The normalized spacial score (nSPS) is 17.9. The van der Waals surface area contributed by atoms with E-state index in [4.69, 9.17) is 10.2 Å². The number of nitrogens with one attached hydrogen (secondary N) is 1. The van der Waals surface area contributed by atoms with Crippen molar-refractivity contribution in [2.75, 3.05) is 13.2 Å². The van der Waals surface area contributed by atoms with Crippen LogP contribution in [0.4, 0.5) is 0 Å². The molecular formula is C11H23NO6. The lowest BCUT2D eigenvalue weighted by Crippen LogP contribution is -2.49. The van der Waals surface area contributed by atoms with Crippen LogP contribution in [0.15, 0.2) is 0 Å². The molecule has 7 nitrogen and oxygen atoms in total.